The standard InChI is InChI=1S/C19H19F4N3O2.C6H7N3O/c1-11-6-14(26-16-3-2-13(20)7-15(16)19(21,22)23)8-24-17(11)9-25-18(27)12-4-5-28-10-12;1-4-8-2-5(3-9-4)6(7)10/h2-3,6-8,12,26H,4-5,9-10H2,1H3,(H,25,27);2-3H,1H3,(H2,7,10)/t12-;/m1./s1. The van der Waals surface area contributed by atoms with Crippen LogP contribution in [0.25, 0.3) is 0 Å². The van der Waals surface area contributed by atoms with Crippen LogP contribution in [0.3, 0.4) is 0 Å². The van der Waals surface area contributed by atoms with Crippen molar-refractivity contribution in [2.75, 3.05) is 18.5 Å². The highest BCUT2D eigenvalue weighted by Crippen LogP contribution is 2.36. The number of ether oxygens (including phenoxy) is 1. The molecule has 0 spiro atoms. The summed E-state index contributed by atoms with van der Waals surface area (Å²) in [6.07, 6.45) is 0.174. The average Bonchev–Trinajstić information content (AvgIpc) is 3.40. The van der Waals surface area contributed by atoms with Crippen LogP contribution in [0.1, 0.15) is 39.4 Å². The number of primary amides is 1. The van der Waals surface area contributed by atoms with Gasteiger partial charge in [0.25, 0.3) is 5.91 Å². The number of nitrogens with zero attached hydrogens (tertiary/aromatic N) is 3. The fraction of sp³-hybridized carbons (Fsp3) is 0.320. The number of benzene rings is 1. The minimum atomic E-state index is -4.69. The van der Waals surface area contributed by atoms with Crippen LogP contribution in [0.15, 0.2) is 42.9 Å². The fourth-order valence-electron chi connectivity index (χ4n) is 3.45. The lowest BCUT2D eigenvalue weighted by Gasteiger charge is -2.16. The van der Waals surface area contributed by atoms with Gasteiger partial charge in [-0.25, -0.2) is 14.4 Å². The molecule has 13 heteroatoms. The van der Waals surface area contributed by atoms with E-state index in [1.807, 2.05) is 0 Å². The SMILES string of the molecule is Cc1cc(Nc2ccc(F)cc2C(F)(F)F)cnc1CNC(=O)[C@@H]1CCOC1.Cc1ncc(C(N)=O)cn1. The number of rotatable bonds is 6. The molecule has 3 aromatic rings. The largest absolute Gasteiger partial charge is 0.418 e. The van der Waals surface area contributed by atoms with E-state index in [0.717, 1.165) is 12.1 Å². The highest BCUT2D eigenvalue weighted by Gasteiger charge is 2.34. The van der Waals surface area contributed by atoms with E-state index >= 15 is 0 Å². The number of hydrogen-bond acceptors (Lipinski definition) is 7. The van der Waals surface area contributed by atoms with Crippen LogP contribution in [-0.4, -0.2) is 40.0 Å². The summed E-state index contributed by atoms with van der Waals surface area (Å²) in [5.74, 6) is -1.11. The average molecular weight is 535 g/mol. The van der Waals surface area contributed by atoms with Gasteiger partial charge in [0.05, 0.1) is 53.5 Å². The van der Waals surface area contributed by atoms with Crippen molar-refractivity contribution in [1.29, 1.82) is 0 Å². The Labute approximate surface area is 215 Å². The van der Waals surface area contributed by atoms with Gasteiger partial charge in [0.15, 0.2) is 0 Å². The zero-order chi connectivity index (χ0) is 27.9. The number of hydrogen-bond donors (Lipinski definition) is 3. The van der Waals surface area contributed by atoms with Crippen LogP contribution in [0.2, 0.25) is 0 Å². The van der Waals surface area contributed by atoms with Crippen LogP contribution in [0, 0.1) is 25.6 Å². The van der Waals surface area contributed by atoms with Crippen molar-refractivity contribution >= 4 is 23.2 Å². The number of aryl methyl sites for hydroxylation is 2. The van der Waals surface area contributed by atoms with E-state index in [4.69, 9.17) is 10.5 Å². The molecule has 4 N–H and O–H groups in total. The zero-order valence-electron chi connectivity index (χ0n) is 20.6. The van der Waals surface area contributed by atoms with E-state index < -0.39 is 23.5 Å². The molecule has 1 atom stereocenters. The molecule has 2 aromatic heterocycles. The van der Waals surface area contributed by atoms with Gasteiger partial charge in [-0.3, -0.25) is 14.6 Å². The van der Waals surface area contributed by atoms with Crippen LogP contribution in [0.5, 0.6) is 0 Å². The third kappa shape index (κ3) is 7.93. The topological polar surface area (TPSA) is 132 Å². The van der Waals surface area contributed by atoms with Gasteiger partial charge in [-0.05, 0) is 50.1 Å². The molecule has 1 fully saturated rings. The summed E-state index contributed by atoms with van der Waals surface area (Å²) in [4.78, 5) is 34.3. The Bertz CT molecular complexity index is 1280. The molecule has 9 nitrogen and oxygen atoms in total. The molecular formula is C25H26F4N6O3. The molecule has 202 valence electrons. The lowest BCUT2D eigenvalue weighted by Crippen LogP contribution is -2.31. The molecule has 2 amide bonds. The number of carbonyl (C=O) groups excluding carboxylic acids is 2. The smallest absolute Gasteiger partial charge is 0.381 e. The monoisotopic (exact) mass is 534 g/mol. The second-order valence-corrected chi connectivity index (χ2v) is 8.46. The third-order valence-corrected chi connectivity index (χ3v) is 5.55. The van der Waals surface area contributed by atoms with Crippen molar-refractivity contribution in [2.45, 2.75) is 33.0 Å². The number of nitrogens with two attached hydrogens (primary N) is 1. The van der Waals surface area contributed by atoms with E-state index in [9.17, 15) is 27.2 Å². The molecule has 0 radical (unpaired) electrons. The predicted molar refractivity (Wildman–Crippen MR) is 130 cm³/mol. The van der Waals surface area contributed by atoms with Gasteiger partial charge in [-0.2, -0.15) is 13.2 Å². The summed E-state index contributed by atoms with van der Waals surface area (Å²) in [7, 11) is 0. The van der Waals surface area contributed by atoms with Crippen LogP contribution >= 0.6 is 0 Å². The summed E-state index contributed by atoms with van der Waals surface area (Å²) in [5, 5.41) is 5.42. The first kappa shape index (κ1) is 28.4. The van der Waals surface area contributed by atoms with E-state index in [1.54, 1.807) is 19.9 Å². The molecule has 4 rings (SSSR count). The Kier molecular flexibility index (Phi) is 9.29. The van der Waals surface area contributed by atoms with E-state index in [0.29, 0.717) is 54.0 Å². The molecule has 1 aromatic carbocycles. The Hall–Kier alpha value is -4.13. The van der Waals surface area contributed by atoms with Gasteiger partial charge in [-0.1, -0.05) is 0 Å². The molecular weight excluding hydrogens is 508 g/mol. The maximum Gasteiger partial charge on any atom is 0.418 e. The maximum atomic E-state index is 13.2. The number of carbonyl (C=O) groups is 2. The van der Waals surface area contributed by atoms with Crippen LogP contribution < -0.4 is 16.4 Å². The molecule has 0 aliphatic carbocycles. The van der Waals surface area contributed by atoms with Crippen molar-refractivity contribution in [2.24, 2.45) is 11.7 Å². The molecule has 3 heterocycles. The predicted octanol–water partition coefficient (Wildman–Crippen LogP) is 3.83. The number of amides is 2. The number of anilines is 2. The van der Waals surface area contributed by atoms with E-state index in [1.165, 1.54) is 18.6 Å². The highest BCUT2D eigenvalue weighted by molar-refractivity contribution is 5.92. The third-order valence-electron chi connectivity index (χ3n) is 5.55. The van der Waals surface area contributed by atoms with E-state index in [-0.39, 0.29) is 24.1 Å². The Morgan fingerprint density at radius 1 is 1.11 bits per heavy atom. The first-order valence-corrected chi connectivity index (χ1v) is 11.5. The summed E-state index contributed by atoms with van der Waals surface area (Å²) in [5.41, 5.74) is 5.55. The van der Waals surface area contributed by atoms with E-state index in [2.05, 4.69) is 25.6 Å². The van der Waals surface area contributed by atoms with Gasteiger partial charge in [0.1, 0.15) is 11.6 Å². The van der Waals surface area contributed by atoms with Gasteiger partial charge < -0.3 is 21.1 Å². The minimum Gasteiger partial charge on any atom is -0.381 e. The summed E-state index contributed by atoms with van der Waals surface area (Å²) >= 11 is 0. The molecule has 1 aliphatic rings. The number of pyridine rings is 1. The molecule has 38 heavy (non-hydrogen) atoms. The lowest BCUT2D eigenvalue weighted by molar-refractivity contribution is -0.137. The number of halogens is 4. The van der Waals surface area contributed by atoms with Gasteiger partial charge in [-0.15, -0.1) is 0 Å². The summed E-state index contributed by atoms with van der Waals surface area (Å²) in [6, 6.07) is 4.05. The molecule has 0 unspecified atom stereocenters. The molecule has 1 aliphatic heterocycles. The first-order chi connectivity index (χ1) is 17.9. The Balaban J connectivity index is 0.000000336. The summed E-state index contributed by atoms with van der Waals surface area (Å²) in [6.45, 7) is 4.67. The van der Waals surface area contributed by atoms with Crippen LogP contribution in [0.4, 0.5) is 28.9 Å². The van der Waals surface area contributed by atoms with Crippen molar-refractivity contribution in [1.82, 2.24) is 20.3 Å². The summed E-state index contributed by atoms with van der Waals surface area (Å²) < 4.78 is 57.7. The Morgan fingerprint density at radius 3 is 2.39 bits per heavy atom. The normalized spacial score (nSPS) is 14.8. The number of nitrogens with one attached hydrogen (secondary N) is 2. The quantitative estimate of drug-likeness (QED) is 0.410. The Morgan fingerprint density at radius 2 is 1.82 bits per heavy atom. The molecule has 0 saturated carbocycles. The fourth-order valence-corrected chi connectivity index (χ4v) is 3.45. The van der Waals surface area contributed by atoms with Crippen molar-refractivity contribution in [3.8, 4) is 0 Å². The second kappa shape index (κ2) is 12.4. The van der Waals surface area contributed by atoms with Crippen molar-refractivity contribution in [3.05, 3.63) is 76.9 Å². The highest BCUT2D eigenvalue weighted by atomic mass is 19.4. The van der Waals surface area contributed by atoms with Crippen LogP contribution in [-0.2, 0) is 22.3 Å². The maximum absolute atomic E-state index is 13.2. The lowest BCUT2D eigenvalue weighted by atomic mass is 10.1. The first-order valence-electron chi connectivity index (χ1n) is 11.5. The van der Waals surface area contributed by atoms with Gasteiger partial charge in [0.2, 0.25) is 5.91 Å². The zero-order valence-corrected chi connectivity index (χ0v) is 20.6. The van der Waals surface area contributed by atoms with Crippen molar-refractivity contribution in [3.63, 3.8) is 0 Å². The second-order valence-electron chi connectivity index (χ2n) is 8.46. The minimum absolute atomic E-state index is 0.109. The number of aromatic nitrogens is 3. The van der Waals surface area contributed by atoms with Crippen molar-refractivity contribution < 1.29 is 31.9 Å². The molecule has 1 saturated heterocycles. The van der Waals surface area contributed by atoms with Gasteiger partial charge >= 0.3 is 6.18 Å². The molecule has 0 bridgehead atoms. The number of alkyl halides is 3. The van der Waals surface area contributed by atoms with Gasteiger partial charge in [0, 0.05) is 19.0 Å².